The molecule has 0 saturated carbocycles. The molecule has 1 amide bonds. The third-order valence-corrected chi connectivity index (χ3v) is 6.18. The number of halogens is 2. The first-order valence-electron chi connectivity index (χ1n) is 10.8. The van der Waals surface area contributed by atoms with E-state index in [-0.39, 0.29) is 23.9 Å². The van der Waals surface area contributed by atoms with Gasteiger partial charge < -0.3 is 14.4 Å². The van der Waals surface area contributed by atoms with Gasteiger partial charge in [0.05, 0.1) is 17.1 Å². The van der Waals surface area contributed by atoms with Crippen LogP contribution in [-0.4, -0.2) is 22.2 Å². The molecule has 0 aliphatic heterocycles. The Morgan fingerprint density at radius 1 is 0.914 bits per heavy atom. The maximum absolute atomic E-state index is 12.3. The summed E-state index contributed by atoms with van der Waals surface area (Å²) in [4.78, 5) is 12.3. The third-order valence-electron chi connectivity index (χ3n) is 5.63. The van der Waals surface area contributed by atoms with E-state index in [0.29, 0.717) is 22.0 Å². The summed E-state index contributed by atoms with van der Waals surface area (Å²) in [6.07, 6.45) is 0. The lowest BCUT2D eigenvalue weighted by Gasteiger charge is -2.10. The zero-order valence-electron chi connectivity index (χ0n) is 18.4. The van der Waals surface area contributed by atoms with E-state index in [1.54, 1.807) is 16.7 Å². The Labute approximate surface area is 211 Å². The molecule has 5 rings (SSSR count). The molecule has 5 aromatic rings. The van der Waals surface area contributed by atoms with E-state index in [4.69, 9.17) is 27.9 Å². The fourth-order valence-corrected chi connectivity index (χ4v) is 4.33. The van der Waals surface area contributed by atoms with E-state index in [0.717, 1.165) is 21.9 Å². The Bertz CT molecular complexity index is 1590. The van der Waals surface area contributed by atoms with E-state index >= 15 is 0 Å². The lowest BCUT2D eigenvalue weighted by Crippen LogP contribution is -2.08. The van der Waals surface area contributed by atoms with Crippen molar-refractivity contribution in [3.8, 4) is 11.6 Å². The number of carbonyl (C=O) groups is 1. The van der Waals surface area contributed by atoms with Crippen LogP contribution >= 0.6 is 23.2 Å². The van der Waals surface area contributed by atoms with Gasteiger partial charge >= 0.3 is 5.91 Å². The SMILES string of the molecule is O=C(COc1cc(Cl)ccc1Cl)N=Nc1c(O)n(Cc2cccc3ccccc23)c2ccccc12. The van der Waals surface area contributed by atoms with Crippen molar-refractivity contribution >= 4 is 56.5 Å². The predicted octanol–water partition coefficient (Wildman–Crippen LogP) is 7.54. The van der Waals surface area contributed by atoms with Crippen LogP contribution < -0.4 is 4.74 Å². The first-order chi connectivity index (χ1) is 17.0. The van der Waals surface area contributed by atoms with Gasteiger partial charge in [-0.25, -0.2) is 0 Å². The minimum absolute atomic E-state index is 0.0745. The van der Waals surface area contributed by atoms with Crippen molar-refractivity contribution in [2.45, 2.75) is 6.54 Å². The van der Waals surface area contributed by atoms with Gasteiger partial charge in [0.2, 0.25) is 5.88 Å². The van der Waals surface area contributed by atoms with Crippen LogP contribution in [0.4, 0.5) is 5.69 Å². The Hall–Kier alpha value is -3.87. The van der Waals surface area contributed by atoms with Crippen molar-refractivity contribution in [3.05, 3.63) is 101 Å². The summed E-state index contributed by atoms with van der Waals surface area (Å²) in [5, 5.41) is 22.6. The second kappa shape index (κ2) is 9.78. The van der Waals surface area contributed by atoms with Crippen molar-refractivity contribution < 1.29 is 14.6 Å². The number of fused-ring (bicyclic) bond motifs is 2. The molecule has 35 heavy (non-hydrogen) atoms. The summed E-state index contributed by atoms with van der Waals surface area (Å²) in [6.45, 7) is 0.0481. The van der Waals surface area contributed by atoms with E-state index < -0.39 is 5.91 Å². The van der Waals surface area contributed by atoms with Crippen molar-refractivity contribution in [2.75, 3.05) is 6.61 Å². The van der Waals surface area contributed by atoms with Crippen LogP contribution in [0.1, 0.15) is 5.56 Å². The molecule has 1 aromatic heterocycles. The summed E-state index contributed by atoms with van der Waals surface area (Å²) in [5.41, 5.74) is 2.04. The lowest BCUT2D eigenvalue weighted by molar-refractivity contribution is -0.120. The first-order valence-corrected chi connectivity index (χ1v) is 11.6. The predicted molar refractivity (Wildman–Crippen MR) is 138 cm³/mol. The van der Waals surface area contributed by atoms with Crippen molar-refractivity contribution in [1.29, 1.82) is 0 Å². The van der Waals surface area contributed by atoms with Crippen LogP contribution in [0.2, 0.25) is 10.0 Å². The third kappa shape index (κ3) is 4.71. The number of ether oxygens (including phenoxy) is 1. The topological polar surface area (TPSA) is 76.2 Å². The molecule has 0 aliphatic rings. The monoisotopic (exact) mass is 503 g/mol. The molecule has 6 nitrogen and oxygen atoms in total. The highest BCUT2D eigenvalue weighted by Gasteiger charge is 2.18. The molecule has 0 bridgehead atoms. The van der Waals surface area contributed by atoms with Crippen LogP contribution in [0.3, 0.4) is 0 Å². The fraction of sp³-hybridized carbons (Fsp3) is 0.0741. The molecule has 0 fully saturated rings. The summed E-state index contributed by atoms with van der Waals surface area (Å²) < 4.78 is 7.19. The van der Waals surface area contributed by atoms with Gasteiger partial charge in [0.1, 0.15) is 5.75 Å². The summed E-state index contributed by atoms with van der Waals surface area (Å²) in [6, 6.07) is 26.3. The number of aromatic hydroxyl groups is 1. The summed E-state index contributed by atoms with van der Waals surface area (Å²) >= 11 is 12.0. The second-order valence-electron chi connectivity index (χ2n) is 7.87. The van der Waals surface area contributed by atoms with Gasteiger partial charge in [-0.1, -0.05) is 83.9 Å². The number of para-hydroxylation sites is 1. The number of hydrogen-bond donors (Lipinski definition) is 1. The number of benzene rings is 4. The molecular weight excluding hydrogens is 485 g/mol. The van der Waals surface area contributed by atoms with Crippen LogP contribution in [0.25, 0.3) is 21.7 Å². The average molecular weight is 504 g/mol. The number of rotatable bonds is 6. The molecule has 0 atom stereocenters. The Balaban J connectivity index is 1.43. The molecule has 174 valence electrons. The van der Waals surface area contributed by atoms with Gasteiger partial charge in [0, 0.05) is 16.5 Å². The molecule has 0 radical (unpaired) electrons. The summed E-state index contributed by atoms with van der Waals surface area (Å²) in [7, 11) is 0. The number of azo groups is 1. The van der Waals surface area contributed by atoms with E-state index in [9.17, 15) is 9.90 Å². The highest BCUT2D eigenvalue weighted by Crippen LogP contribution is 2.39. The van der Waals surface area contributed by atoms with E-state index in [1.165, 1.54) is 6.07 Å². The largest absolute Gasteiger partial charge is 0.493 e. The highest BCUT2D eigenvalue weighted by molar-refractivity contribution is 6.34. The number of carbonyl (C=O) groups excluding carboxylic acids is 1. The molecule has 1 heterocycles. The van der Waals surface area contributed by atoms with Crippen molar-refractivity contribution in [3.63, 3.8) is 0 Å². The Morgan fingerprint density at radius 2 is 1.66 bits per heavy atom. The van der Waals surface area contributed by atoms with Crippen LogP contribution in [0, 0.1) is 0 Å². The van der Waals surface area contributed by atoms with Crippen LogP contribution in [-0.2, 0) is 11.3 Å². The van der Waals surface area contributed by atoms with E-state index in [1.807, 2.05) is 48.5 Å². The van der Waals surface area contributed by atoms with Crippen molar-refractivity contribution in [2.24, 2.45) is 10.2 Å². The minimum Gasteiger partial charge on any atom is -0.493 e. The lowest BCUT2D eigenvalue weighted by atomic mass is 10.0. The van der Waals surface area contributed by atoms with Crippen LogP contribution in [0.5, 0.6) is 11.6 Å². The maximum Gasteiger partial charge on any atom is 0.302 e. The maximum atomic E-state index is 12.3. The second-order valence-corrected chi connectivity index (χ2v) is 8.71. The standard InChI is InChI=1S/C27H19Cl2N3O3/c28-19-12-13-22(29)24(14-19)35-16-25(33)30-31-26-21-10-3-4-11-23(21)32(27(26)34)15-18-8-5-7-17-6-1-2-9-20(17)18/h1-14,34H,15-16H2. The minimum atomic E-state index is -0.633. The smallest absolute Gasteiger partial charge is 0.302 e. The molecule has 0 saturated heterocycles. The van der Waals surface area contributed by atoms with Gasteiger partial charge in [-0.3, -0.25) is 4.79 Å². The zero-order valence-corrected chi connectivity index (χ0v) is 19.9. The first kappa shape index (κ1) is 22.9. The van der Waals surface area contributed by atoms with Gasteiger partial charge in [0.25, 0.3) is 0 Å². The Kier molecular flexibility index (Phi) is 6.40. The molecule has 1 N–H and O–H groups in total. The number of nitrogens with zero attached hydrogens (tertiary/aromatic N) is 3. The summed E-state index contributed by atoms with van der Waals surface area (Å²) in [5.74, 6) is -0.432. The number of aromatic nitrogens is 1. The molecule has 0 unspecified atom stereocenters. The molecule has 8 heteroatoms. The van der Waals surface area contributed by atoms with E-state index in [2.05, 4.69) is 28.4 Å². The number of hydrogen-bond acceptors (Lipinski definition) is 4. The van der Waals surface area contributed by atoms with Gasteiger partial charge in [-0.15, -0.1) is 10.2 Å². The number of amides is 1. The van der Waals surface area contributed by atoms with Gasteiger partial charge in [0.15, 0.2) is 12.3 Å². The molecule has 0 aliphatic carbocycles. The van der Waals surface area contributed by atoms with Gasteiger partial charge in [-0.05, 0) is 34.5 Å². The van der Waals surface area contributed by atoms with Crippen molar-refractivity contribution in [1.82, 2.24) is 4.57 Å². The Morgan fingerprint density at radius 3 is 2.51 bits per heavy atom. The zero-order chi connectivity index (χ0) is 24.4. The average Bonchev–Trinajstić information content (AvgIpc) is 3.14. The molecule has 0 spiro atoms. The van der Waals surface area contributed by atoms with Crippen LogP contribution in [0.15, 0.2) is 95.2 Å². The van der Waals surface area contributed by atoms with Gasteiger partial charge in [-0.2, -0.15) is 0 Å². The normalized spacial score (nSPS) is 11.5. The highest BCUT2D eigenvalue weighted by atomic mass is 35.5. The molecule has 4 aromatic carbocycles. The quantitative estimate of drug-likeness (QED) is 0.243. The fourth-order valence-electron chi connectivity index (χ4n) is 3.99. The molecular formula is C27H19Cl2N3O3.